The highest BCUT2D eigenvalue weighted by Gasteiger charge is 2.14. The predicted octanol–water partition coefficient (Wildman–Crippen LogP) is 0.474. The third-order valence-electron chi connectivity index (χ3n) is 4.06. The zero-order chi connectivity index (χ0) is 19.7. The molecule has 0 bridgehead atoms. The molecule has 0 radical (unpaired) electrons. The van der Waals surface area contributed by atoms with Crippen molar-refractivity contribution < 1.29 is 20.4 Å². The topological polar surface area (TPSA) is 105 Å². The molecule has 1 aromatic carbocycles. The van der Waals surface area contributed by atoms with Crippen molar-refractivity contribution in [2.24, 2.45) is 0 Å². The van der Waals surface area contributed by atoms with Gasteiger partial charge in [0.15, 0.2) is 0 Å². The summed E-state index contributed by atoms with van der Waals surface area (Å²) in [5.74, 6) is 0. The molecule has 0 aromatic heterocycles. The average Bonchev–Trinajstić information content (AvgIpc) is 2.49. The molecule has 150 valence electrons. The Morgan fingerprint density at radius 3 is 1.23 bits per heavy atom. The van der Waals surface area contributed by atoms with E-state index in [9.17, 15) is 20.4 Å². The molecule has 0 aliphatic rings. The minimum absolute atomic E-state index is 0.420. The van der Waals surface area contributed by atoms with Crippen molar-refractivity contribution in [3.05, 3.63) is 34.4 Å². The van der Waals surface area contributed by atoms with Gasteiger partial charge in [-0.1, -0.05) is 12.1 Å². The van der Waals surface area contributed by atoms with E-state index in [2.05, 4.69) is 22.8 Å². The molecule has 0 spiro atoms. The maximum atomic E-state index is 9.85. The molecule has 0 amide bonds. The molecule has 6 heteroatoms. The standard InChI is InChI=1S/C20H36N2O4/c1-13(23)5-17-7-20(12-22-10-16(4)26)18(6-14(2)24)8-19(17)11-21-9-15(3)25/h7-8,13-16,21-26H,5-6,9-12H2,1-4H3. The molecule has 6 nitrogen and oxygen atoms in total. The van der Waals surface area contributed by atoms with Gasteiger partial charge in [0.2, 0.25) is 0 Å². The highest BCUT2D eigenvalue weighted by molar-refractivity contribution is 5.39. The Morgan fingerprint density at radius 2 is 0.962 bits per heavy atom. The molecule has 0 saturated heterocycles. The van der Waals surface area contributed by atoms with E-state index < -0.39 is 24.4 Å². The summed E-state index contributed by atoms with van der Waals surface area (Å²) in [6.07, 6.45) is -0.654. The van der Waals surface area contributed by atoms with Gasteiger partial charge in [0.25, 0.3) is 0 Å². The minimum atomic E-state index is -0.452. The van der Waals surface area contributed by atoms with Crippen LogP contribution in [0.15, 0.2) is 12.1 Å². The Hall–Kier alpha value is -1.02. The summed E-state index contributed by atoms with van der Waals surface area (Å²) < 4.78 is 0. The lowest BCUT2D eigenvalue weighted by Crippen LogP contribution is -2.26. The number of benzene rings is 1. The zero-order valence-electron chi connectivity index (χ0n) is 16.5. The van der Waals surface area contributed by atoms with Crippen LogP contribution in [0.25, 0.3) is 0 Å². The smallest absolute Gasteiger partial charge is 0.0636 e. The SMILES string of the molecule is CC(O)CNCc1cc(CC(C)O)c(CNCC(C)O)cc1CC(C)O. The third-order valence-corrected chi connectivity index (χ3v) is 4.06. The molecule has 1 rings (SSSR count). The lowest BCUT2D eigenvalue weighted by molar-refractivity contribution is 0.188. The third kappa shape index (κ3) is 9.07. The molecular formula is C20H36N2O4. The first kappa shape index (κ1) is 23.0. The van der Waals surface area contributed by atoms with Crippen LogP contribution in [-0.4, -0.2) is 57.9 Å². The molecule has 0 aliphatic carbocycles. The molecule has 0 saturated carbocycles. The summed E-state index contributed by atoms with van der Waals surface area (Å²) in [5.41, 5.74) is 4.26. The van der Waals surface area contributed by atoms with Gasteiger partial charge in [-0.3, -0.25) is 0 Å². The van der Waals surface area contributed by atoms with Crippen LogP contribution in [0, 0.1) is 0 Å². The van der Waals surface area contributed by atoms with Crippen molar-refractivity contribution in [3.8, 4) is 0 Å². The Bertz CT molecular complexity index is 483. The summed E-state index contributed by atoms with van der Waals surface area (Å²) in [5, 5.41) is 45.0. The van der Waals surface area contributed by atoms with Crippen molar-refractivity contribution >= 4 is 0 Å². The van der Waals surface area contributed by atoms with Crippen molar-refractivity contribution in [3.63, 3.8) is 0 Å². The van der Waals surface area contributed by atoms with Gasteiger partial charge in [-0.15, -0.1) is 0 Å². The van der Waals surface area contributed by atoms with E-state index in [1.807, 2.05) is 0 Å². The zero-order valence-corrected chi connectivity index (χ0v) is 16.5. The minimum Gasteiger partial charge on any atom is -0.393 e. The highest BCUT2D eigenvalue weighted by atomic mass is 16.3. The van der Waals surface area contributed by atoms with Crippen LogP contribution < -0.4 is 10.6 Å². The van der Waals surface area contributed by atoms with E-state index in [1.165, 1.54) is 0 Å². The Kier molecular flexibility index (Phi) is 10.3. The van der Waals surface area contributed by atoms with E-state index in [0.717, 1.165) is 22.3 Å². The van der Waals surface area contributed by atoms with Gasteiger partial charge in [-0.2, -0.15) is 0 Å². The summed E-state index contributed by atoms with van der Waals surface area (Å²) in [6.45, 7) is 9.19. The van der Waals surface area contributed by atoms with E-state index in [0.29, 0.717) is 39.0 Å². The molecule has 26 heavy (non-hydrogen) atoms. The Morgan fingerprint density at radius 1 is 0.615 bits per heavy atom. The van der Waals surface area contributed by atoms with E-state index >= 15 is 0 Å². The number of aliphatic hydroxyl groups is 4. The van der Waals surface area contributed by atoms with E-state index in [4.69, 9.17) is 0 Å². The van der Waals surface area contributed by atoms with Crippen LogP contribution in [0.1, 0.15) is 49.9 Å². The molecule has 0 fully saturated rings. The summed E-state index contributed by atoms with van der Waals surface area (Å²) in [6, 6.07) is 4.16. The maximum absolute atomic E-state index is 9.85. The summed E-state index contributed by atoms with van der Waals surface area (Å²) >= 11 is 0. The molecule has 0 heterocycles. The van der Waals surface area contributed by atoms with Gasteiger partial charge in [0.1, 0.15) is 0 Å². The normalized spacial score (nSPS) is 16.3. The van der Waals surface area contributed by atoms with Crippen molar-refractivity contribution in [1.82, 2.24) is 10.6 Å². The van der Waals surface area contributed by atoms with Crippen LogP contribution in [0.5, 0.6) is 0 Å². The van der Waals surface area contributed by atoms with Gasteiger partial charge >= 0.3 is 0 Å². The first-order valence-electron chi connectivity index (χ1n) is 9.46. The van der Waals surface area contributed by atoms with Gasteiger partial charge in [0, 0.05) is 26.2 Å². The number of hydrogen-bond acceptors (Lipinski definition) is 6. The number of hydrogen-bond donors (Lipinski definition) is 6. The van der Waals surface area contributed by atoms with Crippen molar-refractivity contribution in [1.29, 1.82) is 0 Å². The van der Waals surface area contributed by atoms with Gasteiger partial charge in [0.05, 0.1) is 24.4 Å². The maximum Gasteiger partial charge on any atom is 0.0636 e. The van der Waals surface area contributed by atoms with Crippen molar-refractivity contribution in [2.75, 3.05) is 13.1 Å². The van der Waals surface area contributed by atoms with Crippen LogP contribution >= 0.6 is 0 Å². The second-order valence-electron chi connectivity index (χ2n) is 7.46. The number of aliphatic hydroxyl groups excluding tert-OH is 4. The van der Waals surface area contributed by atoms with E-state index in [1.54, 1.807) is 27.7 Å². The fraction of sp³-hybridized carbons (Fsp3) is 0.700. The fourth-order valence-corrected chi connectivity index (χ4v) is 2.97. The molecule has 6 N–H and O–H groups in total. The predicted molar refractivity (Wildman–Crippen MR) is 104 cm³/mol. The van der Waals surface area contributed by atoms with Gasteiger partial charge in [-0.25, -0.2) is 0 Å². The van der Waals surface area contributed by atoms with Gasteiger partial charge < -0.3 is 31.1 Å². The molecule has 0 aliphatic heterocycles. The first-order valence-corrected chi connectivity index (χ1v) is 9.46. The highest BCUT2D eigenvalue weighted by Crippen LogP contribution is 2.21. The van der Waals surface area contributed by atoms with E-state index in [-0.39, 0.29) is 0 Å². The van der Waals surface area contributed by atoms with Crippen LogP contribution in [0.4, 0.5) is 0 Å². The molecule has 4 unspecified atom stereocenters. The summed E-state index contributed by atoms with van der Waals surface area (Å²) in [4.78, 5) is 0. The average molecular weight is 369 g/mol. The molecular weight excluding hydrogens is 332 g/mol. The van der Waals surface area contributed by atoms with Crippen LogP contribution in [-0.2, 0) is 25.9 Å². The second kappa shape index (κ2) is 11.6. The first-order chi connectivity index (χ1) is 12.2. The quantitative estimate of drug-likeness (QED) is 0.321. The largest absolute Gasteiger partial charge is 0.393 e. The van der Waals surface area contributed by atoms with Crippen LogP contribution in [0.2, 0.25) is 0 Å². The Balaban J connectivity index is 3.08. The lowest BCUT2D eigenvalue weighted by Gasteiger charge is -2.20. The van der Waals surface area contributed by atoms with Crippen molar-refractivity contribution in [2.45, 2.75) is 78.0 Å². The number of rotatable bonds is 12. The van der Waals surface area contributed by atoms with Crippen LogP contribution in [0.3, 0.4) is 0 Å². The monoisotopic (exact) mass is 368 g/mol. The molecule has 4 atom stereocenters. The van der Waals surface area contributed by atoms with Gasteiger partial charge in [-0.05, 0) is 62.8 Å². The summed E-state index contributed by atoms with van der Waals surface area (Å²) in [7, 11) is 0. The fourth-order valence-electron chi connectivity index (χ4n) is 2.97. The second-order valence-corrected chi connectivity index (χ2v) is 7.46. The number of nitrogens with one attached hydrogen (secondary N) is 2. The Labute approximate surface area is 157 Å². The molecule has 1 aromatic rings. The lowest BCUT2D eigenvalue weighted by atomic mass is 9.92.